The van der Waals surface area contributed by atoms with Crippen molar-refractivity contribution in [2.45, 2.75) is 56.7 Å². The van der Waals surface area contributed by atoms with Crippen LogP contribution < -0.4 is 0 Å². The molecule has 8 nitrogen and oxygen atoms in total. The number of hydrogen-bond donors (Lipinski definition) is 0. The molecule has 0 aliphatic carbocycles. The third-order valence-electron chi connectivity index (χ3n) is 5.03. The molecule has 2 atom stereocenters. The average molecular weight is 441 g/mol. The van der Waals surface area contributed by atoms with Gasteiger partial charge in [0.15, 0.2) is 9.84 Å². The Morgan fingerprint density at radius 3 is 2.40 bits per heavy atom. The Morgan fingerprint density at radius 1 is 1.27 bits per heavy atom. The van der Waals surface area contributed by atoms with Gasteiger partial charge in [-0.05, 0) is 45.4 Å². The number of sulfone groups is 1. The fourth-order valence-corrected chi connectivity index (χ4v) is 3.79. The van der Waals surface area contributed by atoms with Crippen LogP contribution in [0.15, 0.2) is 29.2 Å². The van der Waals surface area contributed by atoms with E-state index in [1.807, 2.05) is 6.92 Å². The van der Waals surface area contributed by atoms with E-state index >= 15 is 0 Å². The Labute approximate surface area is 179 Å². The molecule has 0 radical (unpaired) electrons. The Bertz CT molecular complexity index is 860. The molecule has 1 heterocycles. The van der Waals surface area contributed by atoms with Crippen LogP contribution in [0.1, 0.15) is 45.7 Å². The van der Waals surface area contributed by atoms with Gasteiger partial charge in [-0.15, -0.1) is 0 Å². The van der Waals surface area contributed by atoms with Crippen molar-refractivity contribution >= 4 is 21.8 Å². The molecule has 1 aromatic rings. The normalized spacial score (nSPS) is 18.6. The van der Waals surface area contributed by atoms with E-state index in [4.69, 9.17) is 9.47 Å². The van der Waals surface area contributed by atoms with E-state index in [1.165, 1.54) is 0 Å². The van der Waals surface area contributed by atoms with Crippen molar-refractivity contribution in [3.05, 3.63) is 29.8 Å². The van der Waals surface area contributed by atoms with Crippen LogP contribution in [0.3, 0.4) is 0 Å². The first-order valence-corrected chi connectivity index (χ1v) is 11.8. The van der Waals surface area contributed by atoms with Gasteiger partial charge in [-0.25, -0.2) is 13.2 Å². The van der Waals surface area contributed by atoms with Gasteiger partial charge >= 0.3 is 6.09 Å². The van der Waals surface area contributed by atoms with Gasteiger partial charge in [0.1, 0.15) is 5.60 Å². The molecule has 1 aliphatic rings. The maximum absolute atomic E-state index is 12.9. The zero-order valence-corrected chi connectivity index (χ0v) is 19.4. The molecule has 30 heavy (non-hydrogen) atoms. The van der Waals surface area contributed by atoms with Crippen molar-refractivity contribution in [3.8, 4) is 0 Å². The Hall–Kier alpha value is -2.13. The van der Waals surface area contributed by atoms with Crippen LogP contribution in [-0.4, -0.2) is 74.9 Å². The minimum absolute atomic E-state index is 0.113. The summed E-state index contributed by atoms with van der Waals surface area (Å²) in [6, 6.07) is 5.84. The molecule has 168 valence electrons. The highest BCUT2D eigenvalue weighted by Gasteiger charge is 2.33. The predicted molar refractivity (Wildman–Crippen MR) is 113 cm³/mol. The molecule has 0 N–H and O–H groups in total. The van der Waals surface area contributed by atoms with E-state index < -0.39 is 27.6 Å². The van der Waals surface area contributed by atoms with E-state index in [0.29, 0.717) is 13.2 Å². The molecule has 1 fully saturated rings. The van der Waals surface area contributed by atoms with Gasteiger partial charge in [0.25, 0.3) is 0 Å². The van der Waals surface area contributed by atoms with Gasteiger partial charge < -0.3 is 19.3 Å². The van der Waals surface area contributed by atoms with E-state index in [-0.39, 0.29) is 29.9 Å². The summed E-state index contributed by atoms with van der Waals surface area (Å²) in [5.41, 5.74) is 0.204. The molecule has 1 aliphatic heterocycles. The van der Waals surface area contributed by atoms with Crippen molar-refractivity contribution < 1.29 is 27.5 Å². The monoisotopic (exact) mass is 440 g/mol. The maximum Gasteiger partial charge on any atom is 0.410 e. The number of morpholine rings is 1. The van der Waals surface area contributed by atoms with Crippen LogP contribution in [0.25, 0.3) is 0 Å². The van der Waals surface area contributed by atoms with Crippen LogP contribution in [0.4, 0.5) is 4.79 Å². The van der Waals surface area contributed by atoms with Crippen molar-refractivity contribution in [2.24, 2.45) is 0 Å². The van der Waals surface area contributed by atoms with Gasteiger partial charge in [0.2, 0.25) is 5.91 Å². The van der Waals surface area contributed by atoms with Crippen LogP contribution in [0.2, 0.25) is 0 Å². The second kappa shape index (κ2) is 9.34. The average Bonchev–Trinajstić information content (AvgIpc) is 2.65. The van der Waals surface area contributed by atoms with Crippen molar-refractivity contribution in [3.63, 3.8) is 0 Å². The Morgan fingerprint density at radius 2 is 1.87 bits per heavy atom. The first-order chi connectivity index (χ1) is 13.8. The number of hydrogen-bond acceptors (Lipinski definition) is 6. The van der Waals surface area contributed by atoms with Crippen LogP contribution in [0, 0.1) is 0 Å². The molecule has 1 aromatic carbocycles. The van der Waals surface area contributed by atoms with E-state index in [9.17, 15) is 18.0 Å². The third-order valence-corrected chi connectivity index (χ3v) is 6.16. The lowest BCUT2D eigenvalue weighted by molar-refractivity contribution is -0.134. The minimum Gasteiger partial charge on any atom is -0.444 e. The number of amides is 2. The summed E-state index contributed by atoms with van der Waals surface area (Å²) in [5.74, 6) is -0.140. The van der Waals surface area contributed by atoms with Crippen LogP contribution >= 0.6 is 0 Å². The zero-order chi connectivity index (χ0) is 22.7. The number of rotatable bonds is 5. The van der Waals surface area contributed by atoms with Crippen molar-refractivity contribution in [1.29, 1.82) is 0 Å². The first kappa shape index (κ1) is 24.1. The first-order valence-electron chi connectivity index (χ1n) is 9.92. The number of benzene rings is 1. The highest BCUT2D eigenvalue weighted by Crippen LogP contribution is 2.23. The molecule has 0 aromatic heterocycles. The summed E-state index contributed by atoms with van der Waals surface area (Å²) in [6.07, 6.45) is 0.821. The van der Waals surface area contributed by atoms with Crippen LogP contribution in [-0.2, 0) is 24.1 Å². The highest BCUT2D eigenvalue weighted by atomic mass is 32.2. The molecule has 0 bridgehead atoms. The third kappa shape index (κ3) is 6.43. The Balaban J connectivity index is 2.06. The summed E-state index contributed by atoms with van der Waals surface area (Å²) in [5, 5.41) is 0. The molecule has 2 rings (SSSR count). The summed E-state index contributed by atoms with van der Waals surface area (Å²) >= 11 is 0. The lowest BCUT2D eigenvalue weighted by atomic mass is 10.1. The number of carbonyl (C=O) groups is 2. The zero-order valence-electron chi connectivity index (χ0n) is 18.5. The SMILES string of the molecule is C[C@H](c1ccc(S(C)(=O)=O)cc1)N(C)C(=O)C[C@@H]1COCCN1C(=O)OC(C)(C)C. The quantitative estimate of drug-likeness (QED) is 0.699. The summed E-state index contributed by atoms with van der Waals surface area (Å²) < 4.78 is 34.2. The standard InChI is InChI=1S/C21H32N2O6S/c1-15(16-7-9-18(10-8-16)30(6,26)27)22(5)19(24)13-17-14-28-12-11-23(17)20(25)29-21(2,3)4/h7-10,15,17H,11-14H2,1-6H3/t15-,17-/m1/s1. The molecule has 0 unspecified atom stereocenters. The fourth-order valence-electron chi connectivity index (χ4n) is 3.16. The molecule has 9 heteroatoms. The highest BCUT2D eigenvalue weighted by molar-refractivity contribution is 7.90. The van der Waals surface area contributed by atoms with Gasteiger partial charge in [0.05, 0.1) is 30.2 Å². The van der Waals surface area contributed by atoms with Gasteiger partial charge in [-0.3, -0.25) is 4.79 Å². The molecular formula is C21H32N2O6S. The van der Waals surface area contributed by atoms with E-state index in [1.54, 1.807) is 61.9 Å². The lowest BCUT2D eigenvalue weighted by Gasteiger charge is -2.37. The van der Waals surface area contributed by atoms with Crippen molar-refractivity contribution in [1.82, 2.24) is 9.80 Å². The lowest BCUT2D eigenvalue weighted by Crippen LogP contribution is -2.52. The van der Waals surface area contributed by atoms with E-state index in [0.717, 1.165) is 11.8 Å². The largest absolute Gasteiger partial charge is 0.444 e. The number of carbonyl (C=O) groups excluding carboxylic acids is 2. The van der Waals surface area contributed by atoms with Crippen LogP contribution in [0.5, 0.6) is 0 Å². The summed E-state index contributed by atoms with van der Waals surface area (Å²) in [4.78, 5) is 28.8. The maximum atomic E-state index is 12.9. The predicted octanol–water partition coefficient (Wildman–Crippen LogP) is 2.64. The topological polar surface area (TPSA) is 93.2 Å². The fraction of sp³-hybridized carbons (Fsp3) is 0.619. The molecule has 0 saturated carbocycles. The Kier molecular flexibility index (Phi) is 7.52. The van der Waals surface area contributed by atoms with Gasteiger partial charge in [-0.2, -0.15) is 0 Å². The van der Waals surface area contributed by atoms with Gasteiger partial charge in [-0.1, -0.05) is 12.1 Å². The number of ether oxygens (including phenoxy) is 2. The number of nitrogens with zero attached hydrogens (tertiary/aromatic N) is 2. The smallest absolute Gasteiger partial charge is 0.410 e. The van der Waals surface area contributed by atoms with Gasteiger partial charge in [0, 0.05) is 26.3 Å². The van der Waals surface area contributed by atoms with Crippen molar-refractivity contribution in [2.75, 3.05) is 33.1 Å². The summed E-state index contributed by atoms with van der Waals surface area (Å²) in [7, 11) is -1.58. The molecule has 0 spiro atoms. The molecule has 2 amide bonds. The molecular weight excluding hydrogens is 408 g/mol. The molecule has 1 saturated heterocycles. The summed E-state index contributed by atoms with van der Waals surface area (Å²) in [6.45, 7) is 8.33. The van der Waals surface area contributed by atoms with E-state index in [2.05, 4.69) is 0 Å². The second-order valence-corrected chi connectivity index (χ2v) is 10.6. The second-order valence-electron chi connectivity index (χ2n) is 8.63. The minimum atomic E-state index is -3.27.